The summed E-state index contributed by atoms with van der Waals surface area (Å²) in [7, 11) is 0. The van der Waals surface area contributed by atoms with Gasteiger partial charge in [-0.3, -0.25) is 14.5 Å². The summed E-state index contributed by atoms with van der Waals surface area (Å²) < 4.78 is 0. The molecule has 0 saturated heterocycles. The van der Waals surface area contributed by atoms with E-state index in [0.717, 1.165) is 27.3 Å². The maximum Gasteiger partial charge on any atom is 0.277 e. The normalized spacial score (nSPS) is 14.1. The maximum absolute atomic E-state index is 12.2. The largest absolute Gasteiger partial charge is 0.395 e. The number of hydrogen-bond donors (Lipinski definition) is 2. The molecule has 1 aliphatic heterocycles. The number of aryl methyl sites for hydroxylation is 1. The van der Waals surface area contributed by atoms with Crippen molar-refractivity contribution in [3.63, 3.8) is 0 Å². The van der Waals surface area contributed by atoms with Crippen molar-refractivity contribution in [2.24, 2.45) is 0 Å². The number of aliphatic hydroxyl groups is 1. The number of imide groups is 1. The van der Waals surface area contributed by atoms with Gasteiger partial charge in [-0.2, -0.15) is 0 Å². The Morgan fingerprint density at radius 3 is 2.46 bits per heavy atom. The van der Waals surface area contributed by atoms with E-state index < -0.39 is 11.8 Å². The van der Waals surface area contributed by atoms with Gasteiger partial charge in [0, 0.05) is 11.8 Å². The average molecular weight is 322 g/mol. The molecule has 2 amide bonds. The number of carbonyl (C=O) groups excluding carboxylic acids is 2. The van der Waals surface area contributed by atoms with Crippen LogP contribution in [0.15, 0.2) is 60.3 Å². The number of anilines is 1. The van der Waals surface area contributed by atoms with Gasteiger partial charge in [0.15, 0.2) is 0 Å². The number of rotatable bonds is 5. The molecule has 0 atom stereocenters. The number of benzene rings is 2. The van der Waals surface area contributed by atoms with E-state index >= 15 is 0 Å². The Bertz CT molecular complexity index is 813. The molecule has 5 nitrogen and oxygen atoms in total. The van der Waals surface area contributed by atoms with Crippen molar-refractivity contribution in [3.8, 4) is 11.1 Å². The fourth-order valence-electron chi connectivity index (χ4n) is 2.67. The van der Waals surface area contributed by atoms with Crippen LogP contribution in [0.2, 0.25) is 0 Å². The molecule has 0 saturated carbocycles. The van der Waals surface area contributed by atoms with Crippen molar-refractivity contribution in [2.45, 2.75) is 6.92 Å². The van der Waals surface area contributed by atoms with E-state index in [-0.39, 0.29) is 18.8 Å². The standard InChI is InChI=1S/C19H18N2O3/c1-13-11-15(14-5-3-2-4-6-14)7-8-16(13)20-17-12-18(23)21(9-10-22)19(17)24/h2-8,11-12,20,22H,9-10H2,1H3. The second kappa shape index (κ2) is 6.68. The second-order valence-electron chi connectivity index (χ2n) is 5.60. The summed E-state index contributed by atoms with van der Waals surface area (Å²) in [5, 5.41) is 12.0. The summed E-state index contributed by atoms with van der Waals surface area (Å²) in [6.45, 7) is 1.71. The molecule has 1 heterocycles. The number of β-amino-alcohol motifs (C(OH)–C–C–N with tert-alkyl or cyclic N) is 1. The molecule has 0 spiro atoms. The third-order valence-corrected chi connectivity index (χ3v) is 3.94. The summed E-state index contributed by atoms with van der Waals surface area (Å²) in [6.07, 6.45) is 1.27. The average Bonchev–Trinajstić information content (AvgIpc) is 2.85. The van der Waals surface area contributed by atoms with Crippen LogP contribution < -0.4 is 5.32 Å². The molecule has 0 radical (unpaired) electrons. The van der Waals surface area contributed by atoms with Gasteiger partial charge in [0.25, 0.3) is 11.8 Å². The van der Waals surface area contributed by atoms with Crippen molar-refractivity contribution < 1.29 is 14.7 Å². The minimum Gasteiger partial charge on any atom is -0.395 e. The van der Waals surface area contributed by atoms with Crippen molar-refractivity contribution in [1.29, 1.82) is 0 Å². The van der Waals surface area contributed by atoms with E-state index in [2.05, 4.69) is 5.32 Å². The number of nitrogens with zero attached hydrogens (tertiary/aromatic N) is 1. The third-order valence-electron chi connectivity index (χ3n) is 3.94. The van der Waals surface area contributed by atoms with Gasteiger partial charge >= 0.3 is 0 Å². The first-order chi connectivity index (χ1) is 11.6. The van der Waals surface area contributed by atoms with Crippen LogP contribution in [-0.4, -0.2) is 35.0 Å². The topological polar surface area (TPSA) is 69.6 Å². The fraction of sp³-hybridized carbons (Fsp3) is 0.158. The Balaban J connectivity index is 1.81. The lowest BCUT2D eigenvalue weighted by molar-refractivity contribution is -0.137. The number of amides is 2. The van der Waals surface area contributed by atoms with E-state index in [0.29, 0.717) is 0 Å². The minimum atomic E-state index is -0.416. The first-order valence-electron chi connectivity index (χ1n) is 7.71. The van der Waals surface area contributed by atoms with Crippen LogP contribution in [-0.2, 0) is 9.59 Å². The van der Waals surface area contributed by atoms with Crippen LogP contribution in [0.25, 0.3) is 11.1 Å². The first kappa shape index (κ1) is 16.0. The van der Waals surface area contributed by atoms with Crippen LogP contribution in [0, 0.1) is 6.92 Å². The Hall–Kier alpha value is -2.92. The fourth-order valence-corrected chi connectivity index (χ4v) is 2.67. The van der Waals surface area contributed by atoms with Gasteiger partial charge in [-0.25, -0.2) is 0 Å². The smallest absolute Gasteiger partial charge is 0.277 e. The van der Waals surface area contributed by atoms with Crippen LogP contribution in [0.3, 0.4) is 0 Å². The molecule has 2 aromatic carbocycles. The monoisotopic (exact) mass is 322 g/mol. The van der Waals surface area contributed by atoms with Crippen molar-refractivity contribution in [2.75, 3.05) is 18.5 Å². The van der Waals surface area contributed by atoms with E-state index in [1.54, 1.807) is 0 Å². The van der Waals surface area contributed by atoms with Crippen LogP contribution in [0.5, 0.6) is 0 Å². The Kier molecular flexibility index (Phi) is 4.44. The van der Waals surface area contributed by atoms with Crippen molar-refractivity contribution >= 4 is 17.5 Å². The zero-order valence-electron chi connectivity index (χ0n) is 13.3. The number of hydrogen-bond acceptors (Lipinski definition) is 4. The predicted octanol–water partition coefficient (Wildman–Crippen LogP) is 2.32. The quantitative estimate of drug-likeness (QED) is 0.829. The molecule has 0 unspecified atom stereocenters. The second-order valence-corrected chi connectivity index (χ2v) is 5.60. The highest BCUT2D eigenvalue weighted by molar-refractivity contribution is 6.17. The molecule has 3 rings (SSSR count). The zero-order chi connectivity index (χ0) is 17.1. The zero-order valence-corrected chi connectivity index (χ0v) is 13.3. The van der Waals surface area contributed by atoms with E-state index in [9.17, 15) is 9.59 Å². The van der Waals surface area contributed by atoms with E-state index in [1.807, 2.05) is 55.5 Å². The SMILES string of the molecule is Cc1cc(-c2ccccc2)ccc1NC1=CC(=O)N(CCO)C1=O. The Morgan fingerprint density at radius 1 is 1.04 bits per heavy atom. The minimum absolute atomic E-state index is 0.00523. The summed E-state index contributed by atoms with van der Waals surface area (Å²) in [5.74, 6) is -0.823. The first-order valence-corrected chi connectivity index (χ1v) is 7.71. The van der Waals surface area contributed by atoms with Gasteiger partial charge in [-0.05, 0) is 35.7 Å². The molecule has 0 aromatic heterocycles. The van der Waals surface area contributed by atoms with Crippen molar-refractivity contribution in [1.82, 2.24) is 4.90 Å². The van der Waals surface area contributed by atoms with Gasteiger partial charge < -0.3 is 10.4 Å². The lowest BCUT2D eigenvalue weighted by Gasteiger charge is -2.15. The van der Waals surface area contributed by atoms with Gasteiger partial charge in [0.2, 0.25) is 0 Å². The van der Waals surface area contributed by atoms with Crippen LogP contribution >= 0.6 is 0 Å². The summed E-state index contributed by atoms with van der Waals surface area (Å²) >= 11 is 0. The van der Waals surface area contributed by atoms with Gasteiger partial charge in [-0.1, -0.05) is 36.4 Å². The molecule has 0 bridgehead atoms. The Labute approximate surface area is 140 Å². The number of aliphatic hydroxyl groups excluding tert-OH is 1. The lowest BCUT2D eigenvalue weighted by Crippen LogP contribution is -2.34. The van der Waals surface area contributed by atoms with Crippen molar-refractivity contribution in [3.05, 3.63) is 65.9 Å². The highest BCUT2D eigenvalue weighted by Crippen LogP contribution is 2.26. The molecular formula is C19H18N2O3. The summed E-state index contributed by atoms with van der Waals surface area (Å²) in [6, 6.07) is 15.9. The molecule has 5 heteroatoms. The van der Waals surface area contributed by atoms with Gasteiger partial charge in [-0.15, -0.1) is 0 Å². The molecule has 2 N–H and O–H groups in total. The number of nitrogens with one attached hydrogen (secondary N) is 1. The maximum atomic E-state index is 12.2. The van der Waals surface area contributed by atoms with Crippen LogP contribution in [0.1, 0.15) is 5.56 Å². The molecule has 2 aromatic rings. The molecule has 122 valence electrons. The highest BCUT2D eigenvalue weighted by atomic mass is 16.3. The Morgan fingerprint density at radius 2 is 1.79 bits per heavy atom. The molecule has 24 heavy (non-hydrogen) atoms. The van der Waals surface area contributed by atoms with E-state index in [1.165, 1.54) is 6.08 Å². The van der Waals surface area contributed by atoms with E-state index in [4.69, 9.17) is 5.11 Å². The predicted molar refractivity (Wildman–Crippen MR) is 92.1 cm³/mol. The highest BCUT2D eigenvalue weighted by Gasteiger charge is 2.30. The summed E-state index contributed by atoms with van der Waals surface area (Å²) in [4.78, 5) is 25.0. The molecule has 0 fully saturated rings. The van der Waals surface area contributed by atoms with Gasteiger partial charge in [0.1, 0.15) is 5.70 Å². The van der Waals surface area contributed by atoms with Crippen LogP contribution in [0.4, 0.5) is 5.69 Å². The summed E-state index contributed by atoms with van der Waals surface area (Å²) in [5.41, 5.74) is 4.17. The molecular weight excluding hydrogens is 304 g/mol. The lowest BCUT2D eigenvalue weighted by atomic mass is 10.0. The molecule has 1 aliphatic rings. The van der Waals surface area contributed by atoms with Gasteiger partial charge in [0.05, 0.1) is 13.2 Å². The number of carbonyl (C=O) groups is 2. The molecule has 0 aliphatic carbocycles. The third kappa shape index (κ3) is 3.07.